The predicted molar refractivity (Wildman–Crippen MR) is 82.6 cm³/mol. The summed E-state index contributed by atoms with van der Waals surface area (Å²) in [6.07, 6.45) is 1.94. The van der Waals surface area contributed by atoms with E-state index in [4.69, 9.17) is 14.7 Å². The maximum atomic E-state index is 8.96. The van der Waals surface area contributed by atoms with Gasteiger partial charge in [-0.2, -0.15) is 5.26 Å². The number of nitrogens with one attached hydrogen (secondary N) is 1. The fourth-order valence-corrected chi connectivity index (χ4v) is 2.70. The Kier molecular flexibility index (Phi) is 3.76. The Hall–Kier alpha value is -2.13. The molecule has 5 nitrogen and oxygen atoms in total. The number of nitrogens with zero attached hydrogens (tertiary/aromatic N) is 2. The monoisotopic (exact) mass is 347 g/mol. The summed E-state index contributed by atoms with van der Waals surface area (Å²) < 4.78 is 13.8. The Morgan fingerprint density at radius 3 is 2.67 bits per heavy atom. The van der Waals surface area contributed by atoms with Gasteiger partial charge in [0.2, 0.25) is 0 Å². The highest BCUT2D eigenvalue weighted by Gasteiger charge is 2.14. The van der Waals surface area contributed by atoms with Gasteiger partial charge in [-0.15, -0.1) is 0 Å². The molecule has 0 aliphatic carbocycles. The molecule has 3 rings (SSSR count). The van der Waals surface area contributed by atoms with Crippen molar-refractivity contribution in [2.45, 2.75) is 6.54 Å². The molecule has 2 heterocycles. The summed E-state index contributed by atoms with van der Waals surface area (Å²) in [5.74, 6) is 1.50. The molecule has 0 amide bonds. The fraction of sp³-hybridized carbons (Fsp3) is 0.267. The number of fused-ring (bicyclic) bond motifs is 1. The molecule has 6 heteroatoms. The fourth-order valence-electron chi connectivity index (χ4n) is 2.24. The minimum absolute atomic E-state index is 0.568. The molecule has 21 heavy (non-hydrogen) atoms. The van der Waals surface area contributed by atoms with Crippen molar-refractivity contribution >= 4 is 21.6 Å². The van der Waals surface area contributed by atoms with Crippen LogP contribution in [0.25, 0.3) is 0 Å². The minimum Gasteiger partial charge on any atom is -0.486 e. The van der Waals surface area contributed by atoms with Gasteiger partial charge in [0.25, 0.3) is 0 Å². The second-order valence-corrected chi connectivity index (χ2v) is 5.64. The first-order valence-corrected chi connectivity index (χ1v) is 7.35. The van der Waals surface area contributed by atoms with Crippen molar-refractivity contribution < 1.29 is 9.47 Å². The number of anilines is 1. The summed E-state index contributed by atoms with van der Waals surface area (Å²) in [4.78, 5) is 0. The van der Waals surface area contributed by atoms with Gasteiger partial charge < -0.3 is 19.4 Å². The van der Waals surface area contributed by atoms with Crippen molar-refractivity contribution in [3.8, 4) is 17.6 Å². The number of hydrogen-bond donors (Lipinski definition) is 1. The molecule has 1 aromatic heterocycles. The normalized spacial score (nSPS) is 12.8. The van der Waals surface area contributed by atoms with Crippen LogP contribution in [0.4, 0.5) is 5.69 Å². The highest BCUT2D eigenvalue weighted by Crippen LogP contribution is 2.38. The van der Waals surface area contributed by atoms with Crippen LogP contribution in [0.5, 0.6) is 11.5 Å². The van der Waals surface area contributed by atoms with Crippen LogP contribution in [-0.2, 0) is 13.6 Å². The van der Waals surface area contributed by atoms with Gasteiger partial charge in [-0.25, -0.2) is 0 Å². The lowest BCUT2D eigenvalue weighted by Crippen LogP contribution is -2.15. The van der Waals surface area contributed by atoms with Crippen molar-refractivity contribution in [1.82, 2.24) is 4.57 Å². The molecular weight excluding hydrogens is 334 g/mol. The highest BCUT2D eigenvalue weighted by molar-refractivity contribution is 9.10. The summed E-state index contributed by atoms with van der Waals surface area (Å²) in [5, 5.41) is 12.3. The summed E-state index contributed by atoms with van der Waals surface area (Å²) in [7, 11) is 1.86. The number of aryl methyl sites for hydroxylation is 1. The molecule has 0 radical (unpaired) electrons. The maximum absolute atomic E-state index is 8.96. The van der Waals surface area contributed by atoms with E-state index < -0.39 is 0 Å². The van der Waals surface area contributed by atoms with Gasteiger partial charge in [0.1, 0.15) is 25.0 Å². The van der Waals surface area contributed by atoms with E-state index in [0.29, 0.717) is 25.5 Å². The van der Waals surface area contributed by atoms with E-state index >= 15 is 0 Å². The van der Waals surface area contributed by atoms with Crippen LogP contribution in [0, 0.1) is 11.3 Å². The Morgan fingerprint density at radius 1 is 1.29 bits per heavy atom. The average Bonchev–Trinajstić information content (AvgIpc) is 2.85. The van der Waals surface area contributed by atoms with E-state index in [0.717, 1.165) is 27.2 Å². The molecule has 0 fully saturated rings. The largest absolute Gasteiger partial charge is 0.486 e. The first kappa shape index (κ1) is 13.8. The molecule has 0 unspecified atom stereocenters. The molecule has 0 saturated carbocycles. The van der Waals surface area contributed by atoms with Crippen molar-refractivity contribution in [2.75, 3.05) is 18.5 Å². The number of ether oxygens (including phenoxy) is 2. The zero-order chi connectivity index (χ0) is 14.8. The van der Waals surface area contributed by atoms with Crippen molar-refractivity contribution in [3.63, 3.8) is 0 Å². The zero-order valence-corrected chi connectivity index (χ0v) is 13.1. The van der Waals surface area contributed by atoms with Gasteiger partial charge in [-0.05, 0) is 27.6 Å². The summed E-state index contributed by atoms with van der Waals surface area (Å²) >= 11 is 3.53. The second-order valence-electron chi connectivity index (χ2n) is 4.79. The molecule has 0 bridgehead atoms. The lowest BCUT2D eigenvalue weighted by atomic mass is 10.2. The molecule has 108 valence electrons. The first-order valence-electron chi connectivity index (χ1n) is 6.56. The Labute approximate surface area is 131 Å². The third-order valence-corrected chi connectivity index (χ3v) is 3.95. The zero-order valence-electron chi connectivity index (χ0n) is 11.5. The van der Waals surface area contributed by atoms with Gasteiger partial charge in [0, 0.05) is 36.4 Å². The Bertz CT molecular complexity index is 718. The predicted octanol–water partition coefficient (Wildman–Crippen LogP) is 3.04. The number of aromatic nitrogens is 1. The highest BCUT2D eigenvalue weighted by atomic mass is 79.9. The van der Waals surface area contributed by atoms with Crippen LogP contribution in [0.3, 0.4) is 0 Å². The molecule has 2 aromatic rings. The van der Waals surface area contributed by atoms with E-state index in [1.165, 1.54) is 0 Å². The maximum Gasteiger partial charge on any atom is 0.163 e. The van der Waals surface area contributed by atoms with E-state index in [2.05, 4.69) is 27.3 Å². The van der Waals surface area contributed by atoms with Crippen LogP contribution < -0.4 is 14.8 Å². The molecular formula is C15H14BrN3O2. The van der Waals surface area contributed by atoms with Crippen LogP contribution in [0.15, 0.2) is 28.9 Å². The quantitative estimate of drug-likeness (QED) is 0.926. The first-order chi connectivity index (χ1) is 10.2. The van der Waals surface area contributed by atoms with E-state index in [9.17, 15) is 0 Å². The minimum atomic E-state index is 0.568. The standard InChI is InChI=1S/C15H14BrN3O2/c1-19-9-10(4-11(19)7-17)8-18-13-6-15-14(5-12(13)16)20-2-3-21-15/h4-6,9,18H,2-3,8H2,1H3. The second kappa shape index (κ2) is 5.70. The molecule has 1 aliphatic rings. The average molecular weight is 348 g/mol. The van der Waals surface area contributed by atoms with Crippen molar-refractivity contribution in [2.24, 2.45) is 7.05 Å². The molecule has 1 N–H and O–H groups in total. The number of nitriles is 1. The van der Waals surface area contributed by atoms with Crippen molar-refractivity contribution in [1.29, 1.82) is 5.26 Å². The van der Waals surface area contributed by atoms with E-state index in [-0.39, 0.29) is 0 Å². The van der Waals surface area contributed by atoms with Crippen molar-refractivity contribution in [3.05, 3.63) is 40.1 Å². The third kappa shape index (κ3) is 2.83. The number of halogens is 1. The number of benzene rings is 1. The van der Waals surface area contributed by atoms with Gasteiger partial charge >= 0.3 is 0 Å². The van der Waals surface area contributed by atoms with E-state index in [1.54, 1.807) is 0 Å². The molecule has 1 aromatic carbocycles. The summed E-state index contributed by atoms with van der Waals surface area (Å²) in [6, 6.07) is 7.86. The molecule has 1 aliphatic heterocycles. The van der Waals surface area contributed by atoms with Gasteiger partial charge in [0.05, 0.1) is 5.69 Å². The van der Waals surface area contributed by atoms with E-state index in [1.807, 2.05) is 36.0 Å². The molecule has 0 spiro atoms. The van der Waals surface area contributed by atoms with Crippen LogP contribution in [0.2, 0.25) is 0 Å². The summed E-state index contributed by atoms with van der Waals surface area (Å²) in [5.41, 5.74) is 2.63. The van der Waals surface area contributed by atoms with Gasteiger partial charge in [-0.1, -0.05) is 0 Å². The molecule has 0 atom stereocenters. The Balaban J connectivity index is 1.77. The lowest BCUT2D eigenvalue weighted by Gasteiger charge is -2.20. The van der Waals surface area contributed by atoms with Gasteiger partial charge in [0.15, 0.2) is 11.5 Å². The van der Waals surface area contributed by atoms with Crippen LogP contribution >= 0.6 is 15.9 Å². The SMILES string of the molecule is Cn1cc(CNc2cc3c(cc2Br)OCCO3)cc1C#N. The van der Waals surface area contributed by atoms with Crippen LogP contribution in [0.1, 0.15) is 11.3 Å². The smallest absolute Gasteiger partial charge is 0.163 e. The third-order valence-electron chi connectivity index (χ3n) is 3.29. The summed E-state index contributed by atoms with van der Waals surface area (Å²) in [6.45, 7) is 1.78. The molecule has 0 saturated heterocycles. The number of hydrogen-bond acceptors (Lipinski definition) is 4. The lowest BCUT2D eigenvalue weighted by molar-refractivity contribution is 0.171. The number of rotatable bonds is 3. The Morgan fingerprint density at radius 2 is 2.00 bits per heavy atom. The topological polar surface area (TPSA) is 59.2 Å². The van der Waals surface area contributed by atoms with Gasteiger partial charge in [-0.3, -0.25) is 0 Å². The van der Waals surface area contributed by atoms with Crippen LogP contribution in [-0.4, -0.2) is 17.8 Å².